The minimum atomic E-state index is -0.190. The van der Waals surface area contributed by atoms with Crippen molar-refractivity contribution in [3.8, 4) is 5.75 Å². The fourth-order valence-corrected chi connectivity index (χ4v) is 2.83. The lowest BCUT2D eigenvalue weighted by Crippen LogP contribution is -2.42. The molecule has 0 unspecified atom stereocenters. The first-order valence-electron chi connectivity index (χ1n) is 9.27. The molecule has 3 aromatic rings. The second kappa shape index (κ2) is 8.61. The number of aryl methyl sites for hydroxylation is 3. The van der Waals surface area contributed by atoms with Crippen molar-refractivity contribution >= 4 is 11.6 Å². The molecule has 0 aliphatic heterocycles. The van der Waals surface area contributed by atoms with Gasteiger partial charge in [0.05, 0.1) is 16.9 Å². The van der Waals surface area contributed by atoms with Gasteiger partial charge in [-0.3, -0.25) is 15.2 Å². The Bertz CT molecular complexity index is 928. The van der Waals surface area contributed by atoms with Gasteiger partial charge in [0.2, 0.25) is 0 Å². The highest BCUT2D eigenvalue weighted by atomic mass is 16.5. The number of nitrogens with zero attached hydrogens (tertiary/aromatic N) is 2. The zero-order valence-corrected chi connectivity index (χ0v) is 16.7. The van der Waals surface area contributed by atoms with Gasteiger partial charge in [-0.05, 0) is 58.0 Å². The average Bonchev–Trinajstić information content (AvgIpc) is 3.03. The lowest BCUT2D eigenvalue weighted by molar-refractivity contribution is 0.0949. The molecule has 1 amide bonds. The van der Waals surface area contributed by atoms with E-state index in [0.29, 0.717) is 24.5 Å². The first-order valence-corrected chi connectivity index (χ1v) is 9.27. The lowest BCUT2D eigenvalue weighted by Gasteiger charge is -2.24. The maximum atomic E-state index is 12.7. The Labute approximate surface area is 165 Å². The quantitative estimate of drug-likeness (QED) is 0.618. The minimum Gasteiger partial charge on any atom is -0.489 e. The third-order valence-electron chi connectivity index (χ3n) is 4.56. The van der Waals surface area contributed by atoms with Gasteiger partial charge in [-0.15, -0.1) is 0 Å². The number of anilines is 1. The van der Waals surface area contributed by atoms with E-state index in [9.17, 15) is 4.79 Å². The monoisotopic (exact) mass is 379 g/mol. The molecule has 0 aliphatic rings. The molecule has 0 aliphatic carbocycles. The summed E-state index contributed by atoms with van der Waals surface area (Å²) in [6.07, 6.45) is 0. The number of hydrazine groups is 1. The molecular formula is C22H25N3O3. The predicted molar refractivity (Wildman–Crippen MR) is 108 cm³/mol. The van der Waals surface area contributed by atoms with Crippen LogP contribution in [0.2, 0.25) is 0 Å². The van der Waals surface area contributed by atoms with Crippen LogP contribution < -0.4 is 15.2 Å². The molecule has 1 aromatic heterocycles. The fourth-order valence-electron chi connectivity index (χ4n) is 2.83. The summed E-state index contributed by atoms with van der Waals surface area (Å²) in [5.41, 5.74) is 7.32. The van der Waals surface area contributed by atoms with E-state index >= 15 is 0 Å². The molecule has 1 N–H and O–H groups in total. The fraction of sp³-hybridized carbons (Fsp3) is 0.273. The van der Waals surface area contributed by atoms with E-state index in [0.717, 1.165) is 22.7 Å². The van der Waals surface area contributed by atoms with Crippen molar-refractivity contribution in [3.63, 3.8) is 0 Å². The van der Waals surface area contributed by atoms with E-state index in [1.807, 2.05) is 63.0 Å². The molecule has 3 rings (SSSR count). The van der Waals surface area contributed by atoms with Crippen LogP contribution in [-0.4, -0.2) is 17.6 Å². The van der Waals surface area contributed by atoms with Crippen LogP contribution in [0.25, 0.3) is 0 Å². The number of hydrogen-bond donors (Lipinski definition) is 1. The molecule has 0 saturated heterocycles. The van der Waals surface area contributed by atoms with Crippen LogP contribution in [0, 0.1) is 20.8 Å². The summed E-state index contributed by atoms with van der Waals surface area (Å²) in [4.78, 5) is 12.7. The van der Waals surface area contributed by atoms with Gasteiger partial charge < -0.3 is 9.26 Å². The molecule has 0 radical (unpaired) electrons. The number of amides is 1. The molecule has 0 bridgehead atoms. The van der Waals surface area contributed by atoms with Crippen LogP contribution in [0.15, 0.2) is 53.1 Å². The summed E-state index contributed by atoms with van der Waals surface area (Å²) >= 11 is 0. The standard InChI is InChI=1S/C22H25N3O3/c1-5-25(19-11-9-15(2)10-12-19)23-22(26)18-7-6-8-20(13-18)27-14-21-16(3)24-28-17(21)4/h6-13H,5,14H2,1-4H3,(H,23,26). The van der Waals surface area contributed by atoms with Crippen LogP contribution in [0.1, 0.15) is 39.9 Å². The first kappa shape index (κ1) is 19.5. The average molecular weight is 379 g/mol. The Morgan fingerprint density at radius 3 is 2.54 bits per heavy atom. The molecule has 146 valence electrons. The number of aromatic nitrogens is 1. The maximum Gasteiger partial charge on any atom is 0.269 e. The Balaban J connectivity index is 1.68. The first-order chi connectivity index (χ1) is 13.5. The Hall–Kier alpha value is -3.28. The molecule has 2 aromatic carbocycles. The highest BCUT2D eigenvalue weighted by Crippen LogP contribution is 2.19. The second-order valence-corrected chi connectivity index (χ2v) is 6.64. The van der Waals surface area contributed by atoms with Gasteiger partial charge in [-0.25, -0.2) is 0 Å². The van der Waals surface area contributed by atoms with E-state index in [4.69, 9.17) is 9.26 Å². The summed E-state index contributed by atoms with van der Waals surface area (Å²) in [6, 6.07) is 15.1. The highest BCUT2D eigenvalue weighted by Gasteiger charge is 2.13. The number of nitrogens with one attached hydrogen (secondary N) is 1. The molecule has 1 heterocycles. The van der Waals surface area contributed by atoms with Crippen molar-refractivity contribution in [2.75, 3.05) is 11.6 Å². The normalized spacial score (nSPS) is 10.6. The molecule has 0 spiro atoms. The predicted octanol–water partition coefficient (Wildman–Crippen LogP) is 4.35. The molecular weight excluding hydrogens is 354 g/mol. The molecule has 0 fully saturated rings. The second-order valence-electron chi connectivity index (χ2n) is 6.64. The van der Waals surface area contributed by atoms with E-state index in [1.165, 1.54) is 5.56 Å². The van der Waals surface area contributed by atoms with E-state index in [2.05, 4.69) is 10.6 Å². The summed E-state index contributed by atoms with van der Waals surface area (Å²) < 4.78 is 11.0. The Morgan fingerprint density at radius 1 is 1.14 bits per heavy atom. The largest absolute Gasteiger partial charge is 0.489 e. The number of carbonyl (C=O) groups excluding carboxylic acids is 1. The Kier molecular flexibility index (Phi) is 5.99. The van der Waals surface area contributed by atoms with Gasteiger partial charge in [0.1, 0.15) is 18.1 Å². The van der Waals surface area contributed by atoms with Crippen molar-refractivity contribution in [1.29, 1.82) is 0 Å². The lowest BCUT2D eigenvalue weighted by atomic mass is 10.2. The van der Waals surface area contributed by atoms with E-state index < -0.39 is 0 Å². The topological polar surface area (TPSA) is 67.6 Å². The van der Waals surface area contributed by atoms with Crippen molar-refractivity contribution in [3.05, 3.63) is 76.7 Å². The molecule has 6 heteroatoms. The SMILES string of the molecule is CCN(NC(=O)c1cccc(OCc2c(C)noc2C)c1)c1ccc(C)cc1. The molecule has 0 saturated carbocycles. The van der Waals surface area contributed by atoms with Gasteiger partial charge in [-0.1, -0.05) is 28.9 Å². The van der Waals surface area contributed by atoms with Gasteiger partial charge in [-0.2, -0.15) is 0 Å². The van der Waals surface area contributed by atoms with Crippen LogP contribution in [0.3, 0.4) is 0 Å². The minimum absolute atomic E-state index is 0.190. The third-order valence-corrected chi connectivity index (χ3v) is 4.56. The zero-order chi connectivity index (χ0) is 20.1. The number of benzene rings is 2. The Morgan fingerprint density at radius 2 is 1.89 bits per heavy atom. The summed E-state index contributed by atoms with van der Waals surface area (Å²) in [5.74, 6) is 1.17. The smallest absolute Gasteiger partial charge is 0.269 e. The van der Waals surface area contributed by atoms with E-state index in [1.54, 1.807) is 18.2 Å². The number of rotatable bonds is 7. The number of ether oxygens (including phenoxy) is 1. The van der Waals surface area contributed by atoms with Crippen molar-refractivity contribution in [2.24, 2.45) is 0 Å². The molecule has 28 heavy (non-hydrogen) atoms. The summed E-state index contributed by atoms with van der Waals surface area (Å²) in [6.45, 7) is 8.75. The van der Waals surface area contributed by atoms with Crippen molar-refractivity contribution in [2.45, 2.75) is 34.3 Å². The van der Waals surface area contributed by atoms with Crippen LogP contribution in [-0.2, 0) is 6.61 Å². The van der Waals surface area contributed by atoms with Crippen LogP contribution >= 0.6 is 0 Å². The zero-order valence-electron chi connectivity index (χ0n) is 16.7. The van der Waals surface area contributed by atoms with Gasteiger partial charge in [0, 0.05) is 12.1 Å². The van der Waals surface area contributed by atoms with E-state index in [-0.39, 0.29) is 5.91 Å². The maximum absolute atomic E-state index is 12.7. The third kappa shape index (κ3) is 4.52. The highest BCUT2D eigenvalue weighted by molar-refractivity contribution is 5.95. The van der Waals surface area contributed by atoms with Crippen LogP contribution in [0.4, 0.5) is 5.69 Å². The van der Waals surface area contributed by atoms with Crippen LogP contribution in [0.5, 0.6) is 5.75 Å². The molecule has 6 nitrogen and oxygen atoms in total. The van der Waals surface area contributed by atoms with Gasteiger partial charge in [0.25, 0.3) is 5.91 Å². The summed E-state index contributed by atoms with van der Waals surface area (Å²) in [7, 11) is 0. The van der Waals surface area contributed by atoms with Gasteiger partial charge >= 0.3 is 0 Å². The number of hydrogen-bond acceptors (Lipinski definition) is 5. The molecule has 0 atom stereocenters. The van der Waals surface area contributed by atoms with Crippen molar-refractivity contribution < 1.29 is 14.1 Å². The van der Waals surface area contributed by atoms with Crippen molar-refractivity contribution in [1.82, 2.24) is 10.6 Å². The van der Waals surface area contributed by atoms with Gasteiger partial charge in [0.15, 0.2) is 0 Å². The number of carbonyl (C=O) groups is 1. The summed E-state index contributed by atoms with van der Waals surface area (Å²) in [5, 5.41) is 5.74.